The van der Waals surface area contributed by atoms with Crippen LogP contribution in [0.5, 0.6) is 0 Å². The van der Waals surface area contributed by atoms with Crippen LogP contribution in [0.25, 0.3) is 11.4 Å². The van der Waals surface area contributed by atoms with Crippen LogP contribution in [0.4, 0.5) is 0 Å². The molecule has 0 bridgehead atoms. The summed E-state index contributed by atoms with van der Waals surface area (Å²) in [5.74, 6) is 1.92. The SMILES string of the molecule is CCCn1ncnc1Cn1ccnc1-c1ccc(I)cc1. The molecule has 0 unspecified atom stereocenters. The lowest BCUT2D eigenvalue weighted by atomic mass is 10.2. The molecular weight excluding hydrogens is 377 g/mol. The fourth-order valence-electron chi connectivity index (χ4n) is 2.26. The van der Waals surface area contributed by atoms with Gasteiger partial charge in [-0.25, -0.2) is 14.6 Å². The molecular formula is C15H16IN5. The molecule has 0 radical (unpaired) electrons. The van der Waals surface area contributed by atoms with E-state index in [9.17, 15) is 0 Å². The van der Waals surface area contributed by atoms with Crippen molar-refractivity contribution < 1.29 is 0 Å². The first-order valence-corrected chi connectivity index (χ1v) is 7.99. The number of rotatable bonds is 5. The summed E-state index contributed by atoms with van der Waals surface area (Å²) in [6.07, 6.45) is 6.48. The van der Waals surface area contributed by atoms with Crippen molar-refractivity contribution in [2.75, 3.05) is 0 Å². The Morgan fingerprint density at radius 3 is 2.71 bits per heavy atom. The first-order chi connectivity index (χ1) is 10.3. The van der Waals surface area contributed by atoms with Gasteiger partial charge in [-0.15, -0.1) is 0 Å². The summed E-state index contributed by atoms with van der Waals surface area (Å²) in [5.41, 5.74) is 1.11. The van der Waals surface area contributed by atoms with Crippen LogP contribution in [0.3, 0.4) is 0 Å². The highest BCUT2D eigenvalue weighted by molar-refractivity contribution is 14.1. The second-order valence-electron chi connectivity index (χ2n) is 4.79. The molecule has 0 fully saturated rings. The summed E-state index contributed by atoms with van der Waals surface area (Å²) in [4.78, 5) is 8.84. The van der Waals surface area contributed by atoms with Crippen molar-refractivity contribution in [2.24, 2.45) is 0 Å². The second kappa shape index (κ2) is 6.38. The summed E-state index contributed by atoms with van der Waals surface area (Å²) >= 11 is 2.31. The van der Waals surface area contributed by atoms with Crippen LogP contribution in [0.2, 0.25) is 0 Å². The van der Waals surface area contributed by atoms with Crippen molar-refractivity contribution in [3.8, 4) is 11.4 Å². The largest absolute Gasteiger partial charge is 0.323 e. The molecule has 0 spiro atoms. The molecule has 6 heteroatoms. The van der Waals surface area contributed by atoms with E-state index in [4.69, 9.17) is 0 Å². The zero-order chi connectivity index (χ0) is 14.7. The van der Waals surface area contributed by atoms with Gasteiger partial charge < -0.3 is 4.57 Å². The van der Waals surface area contributed by atoms with Crippen LogP contribution in [0.1, 0.15) is 19.2 Å². The monoisotopic (exact) mass is 393 g/mol. The predicted molar refractivity (Wildman–Crippen MR) is 89.8 cm³/mol. The average molecular weight is 393 g/mol. The average Bonchev–Trinajstić information content (AvgIpc) is 3.11. The number of aryl methyl sites for hydroxylation is 1. The maximum absolute atomic E-state index is 4.48. The molecule has 5 nitrogen and oxygen atoms in total. The van der Waals surface area contributed by atoms with Crippen LogP contribution >= 0.6 is 22.6 Å². The third-order valence-electron chi connectivity index (χ3n) is 3.26. The lowest BCUT2D eigenvalue weighted by Gasteiger charge is -2.09. The Morgan fingerprint density at radius 1 is 1.14 bits per heavy atom. The van der Waals surface area contributed by atoms with Crippen LogP contribution in [-0.4, -0.2) is 24.3 Å². The molecule has 3 rings (SSSR count). The Labute approximate surface area is 137 Å². The van der Waals surface area contributed by atoms with E-state index in [0.717, 1.165) is 30.2 Å². The molecule has 0 aliphatic heterocycles. The van der Waals surface area contributed by atoms with Gasteiger partial charge in [0, 0.05) is 28.1 Å². The van der Waals surface area contributed by atoms with Gasteiger partial charge in [-0.05, 0) is 41.1 Å². The molecule has 0 amide bonds. The predicted octanol–water partition coefficient (Wildman–Crippen LogP) is 3.20. The molecule has 2 heterocycles. The zero-order valence-electron chi connectivity index (χ0n) is 11.8. The lowest BCUT2D eigenvalue weighted by molar-refractivity contribution is 0.555. The fraction of sp³-hybridized carbons (Fsp3) is 0.267. The van der Waals surface area contributed by atoms with E-state index in [1.807, 2.05) is 17.1 Å². The minimum atomic E-state index is 0.682. The number of hydrogen-bond acceptors (Lipinski definition) is 3. The van der Waals surface area contributed by atoms with Crippen molar-refractivity contribution in [3.05, 3.63) is 52.4 Å². The molecule has 108 valence electrons. The van der Waals surface area contributed by atoms with Gasteiger partial charge >= 0.3 is 0 Å². The molecule has 0 aliphatic carbocycles. The Bertz CT molecular complexity index is 714. The van der Waals surface area contributed by atoms with Crippen molar-refractivity contribution >= 4 is 22.6 Å². The van der Waals surface area contributed by atoms with Crippen LogP contribution in [0, 0.1) is 3.57 Å². The number of benzene rings is 1. The number of halogens is 1. The third-order valence-corrected chi connectivity index (χ3v) is 3.98. The third kappa shape index (κ3) is 3.15. The first kappa shape index (κ1) is 14.2. The number of hydrogen-bond donors (Lipinski definition) is 0. The van der Waals surface area contributed by atoms with Crippen LogP contribution in [-0.2, 0) is 13.1 Å². The maximum Gasteiger partial charge on any atom is 0.146 e. The summed E-state index contributed by atoms with van der Waals surface area (Å²) in [5, 5.41) is 4.27. The van der Waals surface area contributed by atoms with Crippen molar-refractivity contribution in [3.63, 3.8) is 0 Å². The van der Waals surface area contributed by atoms with Gasteiger partial charge in [-0.3, -0.25) is 0 Å². The van der Waals surface area contributed by atoms with Crippen molar-refractivity contribution in [1.29, 1.82) is 0 Å². The Morgan fingerprint density at radius 2 is 1.95 bits per heavy atom. The van der Waals surface area contributed by atoms with E-state index >= 15 is 0 Å². The zero-order valence-corrected chi connectivity index (χ0v) is 13.9. The van der Waals surface area contributed by atoms with Gasteiger partial charge in [-0.2, -0.15) is 5.10 Å². The van der Waals surface area contributed by atoms with Gasteiger partial charge in [-0.1, -0.05) is 19.1 Å². The minimum Gasteiger partial charge on any atom is -0.323 e. The highest BCUT2D eigenvalue weighted by Gasteiger charge is 2.10. The highest BCUT2D eigenvalue weighted by Crippen LogP contribution is 2.19. The van der Waals surface area contributed by atoms with E-state index in [2.05, 4.69) is 73.4 Å². The molecule has 21 heavy (non-hydrogen) atoms. The Hall–Kier alpha value is -1.70. The Balaban J connectivity index is 1.89. The molecule has 0 atom stereocenters. The number of nitrogens with zero attached hydrogens (tertiary/aromatic N) is 5. The van der Waals surface area contributed by atoms with E-state index in [-0.39, 0.29) is 0 Å². The summed E-state index contributed by atoms with van der Waals surface area (Å²) in [7, 11) is 0. The van der Waals surface area contributed by atoms with E-state index in [0.29, 0.717) is 6.54 Å². The van der Waals surface area contributed by atoms with E-state index < -0.39 is 0 Å². The maximum atomic E-state index is 4.48. The summed E-state index contributed by atoms with van der Waals surface area (Å²) < 4.78 is 5.29. The second-order valence-corrected chi connectivity index (χ2v) is 6.03. The molecule has 0 saturated carbocycles. The van der Waals surface area contributed by atoms with Crippen molar-refractivity contribution in [2.45, 2.75) is 26.4 Å². The van der Waals surface area contributed by atoms with Gasteiger partial charge in [0.1, 0.15) is 18.0 Å². The summed E-state index contributed by atoms with van der Waals surface area (Å²) in [6.45, 7) is 3.71. The smallest absolute Gasteiger partial charge is 0.146 e. The Kier molecular flexibility index (Phi) is 4.33. The van der Waals surface area contributed by atoms with Crippen LogP contribution < -0.4 is 0 Å². The highest BCUT2D eigenvalue weighted by atomic mass is 127. The topological polar surface area (TPSA) is 48.5 Å². The van der Waals surface area contributed by atoms with Gasteiger partial charge in [0.25, 0.3) is 0 Å². The normalized spacial score (nSPS) is 11.0. The van der Waals surface area contributed by atoms with E-state index in [1.165, 1.54) is 3.57 Å². The standard InChI is InChI=1S/C15H16IN5/c1-2-8-21-14(18-11-19-21)10-20-9-7-17-15(20)12-3-5-13(16)6-4-12/h3-7,9,11H,2,8,10H2,1H3. The van der Waals surface area contributed by atoms with Crippen LogP contribution in [0.15, 0.2) is 43.0 Å². The quantitative estimate of drug-likeness (QED) is 0.626. The molecule has 2 aromatic heterocycles. The van der Waals surface area contributed by atoms with Gasteiger partial charge in [0.05, 0.1) is 6.54 Å². The molecule has 0 saturated heterocycles. The number of aromatic nitrogens is 5. The minimum absolute atomic E-state index is 0.682. The van der Waals surface area contributed by atoms with Crippen molar-refractivity contribution in [1.82, 2.24) is 24.3 Å². The first-order valence-electron chi connectivity index (χ1n) is 6.91. The molecule has 1 aromatic carbocycles. The molecule has 0 aliphatic rings. The van der Waals surface area contributed by atoms with Gasteiger partial charge in [0.15, 0.2) is 0 Å². The fourth-order valence-corrected chi connectivity index (χ4v) is 2.62. The lowest BCUT2D eigenvalue weighted by Crippen LogP contribution is -2.10. The van der Waals surface area contributed by atoms with E-state index in [1.54, 1.807) is 6.33 Å². The number of imidazole rings is 1. The molecule has 3 aromatic rings. The molecule has 0 N–H and O–H groups in total. The van der Waals surface area contributed by atoms with Gasteiger partial charge in [0.2, 0.25) is 0 Å². The summed E-state index contributed by atoms with van der Waals surface area (Å²) in [6, 6.07) is 8.37.